The van der Waals surface area contributed by atoms with E-state index >= 15 is 0 Å². The molecule has 98 heavy (non-hydrogen) atoms. The highest BCUT2D eigenvalue weighted by molar-refractivity contribution is 8.76. The molecule has 536 valence electrons. The fourth-order valence-electron chi connectivity index (χ4n) is 10.1. The first-order valence-electron chi connectivity index (χ1n) is 32.8. The highest BCUT2D eigenvalue weighted by Crippen LogP contribution is 2.26. The van der Waals surface area contributed by atoms with Crippen molar-refractivity contribution in [2.75, 3.05) is 56.2 Å². The van der Waals surface area contributed by atoms with Crippen LogP contribution in [-0.2, 0) is 52.8 Å². The highest BCUT2D eigenvalue weighted by Gasteiger charge is 2.37. The molecular weight excluding hydrogens is 1300 g/mol. The number of para-hydroxylation sites is 1. The Bertz CT molecular complexity index is 3390. The quantitative estimate of drug-likeness (QED) is 0.0214. The second-order valence-corrected chi connectivity index (χ2v) is 27.5. The second kappa shape index (κ2) is 40.7. The van der Waals surface area contributed by atoms with E-state index in [1.807, 2.05) is 65.0 Å². The van der Waals surface area contributed by atoms with Crippen LogP contribution < -0.4 is 64.1 Å². The van der Waals surface area contributed by atoms with E-state index in [-0.39, 0.29) is 67.7 Å². The van der Waals surface area contributed by atoms with E-state index in [1.165, 1.54) is 20.8 Å². The number of aliphatic hydroxyl groups excluding tert-OH is 4. The molecule has 4 aromatic carbocycles. The van der Waals surface area contributed by atoms with E-state index in [2.05, 4.69) is 52.8 Å². The third-order valence-electron chi connectivity index (χ3n) is 15.8. The molecule has 29 heteroatoms. The van der Waals surface area contributed by atoms with Crippen molar-refractivity contribution in [3.05, 3.63) is 132 Å². The van der Waals surface area contributed by atoms with Crippen molar-refractivity contribution in [2.45, 2.75) is 166 Å². The summed E-state index contributed by atoms with van der Waals surface area (Å²) in [4.78, 5) is 129. The minimum Gasteiger partial charge on any atom is -0.490 e. The summed E-state index contributed by atoms with van der Waals surface area (Å²) in [7, 11) is 2.06. The molecule has 11 atom stereocenters. The molecule has 1 saturated heterocycles. The number of H-pyrrole nitrogens is 1. The number of nitrogens with two attached hydrogens (primary N) is 2. The Morgan fingerprint density at radius 1 is 0.735 bits per heavy atom. The van der Waals surface area contributed by atoms with Crippen LogP contribution in [-0.4, -0.2) is 207 Å². The van der Waals surface area contributed by atoms with E-state index in [4.69, 9.17) is 16.2 Å². The number of fused-ring (bicyclic) bond motifs is 1. The standard InChI is InChI=1S/C49H66N10O10S2.C20H33N3O4/c1-28(61)39(25-60)56-48(68)41-27-71-70-26-40(57-43(63)34(51)21-30-13-5-3-6-14-30)47(67)54-37(22-31-15-7-4-8-16-31)45(65)55-38(23-32-24-52-35-18-10-9-17-33(32)35)46(66)53-36(19-11-12-20-50)44(64)59-42(29(2)62)49(69)58-41;1-7-23(8-2)19(26)22-15-9-10-18(17(11-15)14(3)24)27-13-16(25)12-21-20(4,5)6/h3-10,13-18,24,28-29,34,36-42,52,60-62H,11-12,19-23,25-27,50-51H2,1-2H3,(H,53,66)(H,54,67)(H,55,65)(H,56,68)(H,57,63)(H,58,69)(H,59,64);9-11,16,21,25H,7-8,12-13H2,1-6H3,(H,22,26)/t28-,29?,34-,36+,37+,38-,39-,40+,41+,42+;/m1./s1. The molecule has 1 aromatic heterocycles. The van der Waals surface area contributed by atoms with E-state index in [0.717, 1.165) is 38.1 Å². The third kappa shape index (κ3) is 26.6. The molecule has 2 heterocycles. The molecule has 2 unspecified atom stereocenters. The maximum Gasteiger partial charge on any atom is 0.321 e. The Morgan fingerprint density at radius 2 is 1.34 bits per heavy atom. The van der Waals surface area contributed by atoms with Gasteiger partial charge in [0.05, 0.1) is 36.5 Å². The average molecular weight is 1400 g/mol. The number of ketones is 1. The zero-order chi connectivity index (χ0) is 72.1. The molecule has 0 aliphatic carbocycles. The Kier molecular flexibility index (Phi) is 33.4. The first-order chi connectivity index (χ1) is 46.6. The molecule has 1 aliphatic heterocycles. The van der Waals surface area contributed by atoms with Gasteiger partial charge in [0, 0.05) is 72.3 Å². The molecule has 1 aliphatic rings. The van der Waals surface area contributed by atoms with Crippen molar-refractivity contribution in [1.29, 1.82) is 0 Å². The Labute approximate surface area is 580 Å². The number of anilines is 1. The maximum absolute atomic E-state index is 14.7. The first kappa shape index (κ1) is 80.6. The summed E-state index contributed by atoms with van der Waals surface area (Å²) in [6.07, 6.45) is -0.859. The summed E-state index contributed by atoms with van der Waals surface area (Å²) in [5.74, 6) is -5.80. The average Bonchev–Trinajstić information content (AvgIpc) is 1.61. The molecule has 0 spiro atoms. The lowest BCUT2D eigenvalue weighted by atomic mass is 10.0. The van der Waals surface area contributed by atoms with E-state index in [1.54, 1.807) is 83.9 Å². The van der Waals surface area contributed by atoms with Gasteiger partial charge in [-0.3, -0.25) is 38.4 Å². The third-order valence-corrected chi connectivity index (χ3v) is 18.2. The van der Waals surface area contributed by atoms with Crippen LogP contribution in [0.2, 0.25) is 0 Å². The first-order valence-corrected chi connectivity index (χ1v) is 35.3. The minimum atomic E-state index is -1.66. The fourth-order valence-corrected chi connectivity index (χ4v) is 12.4. The van der Waals surface area contributed by atoms with E-state index in [9.17, 15) is 63.6 Å². The van der Waals surface area contributed by atoms with Gasteiger partial charge in [0.15, 0.2) is 5.78 Å². The van der Waals surface area contributed by atoms with Gasteiger partial charge in [0.2, 0.25) is 41.4 Å². The van der Waals surface area contributed by atoms with Gasteiger partial charge in [0.1, 0.15) is 54.7 Å². The number of unbranched alkanes of at least 4 members (excludes halogenated alkanes) is 1. The van der Waals surface area contributed by atoms with Gasteiger partial charge >= 0.3 is 6.03 Å². The number of rotatable bonds is 26. The van der Waals surface area contributed by atoms with Crippen molar-refractivity contribution in [2.24, 2.45) is 11.5 Å². The second-order valence-electron chi connectivity index (χ2n) is 24.9. The summed E-state index contributed by atoms with van der Waals surface area (Å²) < 4.78 is 5.64. The Balaban J connectivity index is 0.000000537. The van der Waals surface area contributed by atoms with Crippen LogP contribution in [0.4, 0.5) is 10.5 Å². The summed E-state index contributed by atoms with van der Waals surface area (Å²) in [6.45, 7) is 15.2. The largest absolute Gasteiger partial charge is 0.490 e. The monoisotopic (exact) mass is 1400 g/mol. The smallest absolute Gasteiger partial charge is 0.321 e. The van der Waals surface area contributed by atoms with Crippen LogP contribution in [0.25, 0.3) is 10.9 Å². The molecule has 0 bridgehead atoms. The van der Waals surface area contributed by atoms with Crippen LogP contribution in [0.5, 0.6) is 5.75 Å². The van der Waals surface area contributed by atoms with Crippen LogP contribution in [0.15, 0.2) is 109 Å². The Morgan fingerprint density at radius 3 is 1.95 bits per heavy atom. The fraction of sp³-hybridized carbons (Fsp3) is 0.493. The van der Waals surface area contributed by atoms with Crippen molar-refractivity contribution in [3.8, 4) is 5.75 Å². The van der Waals surface area contributed by atoms with Gasteiger partial charge in [-0.2, -0.15) is 0 Å². The topological polar surface area (TPSA) is 423 Å². The summed E-state index contributed by atoms with van der Waals surface area (Å²) in [6, 6.07) is 19.3. The molecule has 6 rings (SSSR count). The molecular formula is C69H99N13O14S2. The number of aromatic nitrogens is 1. The lowest BCUT2D eigenvalue weighted by Gasteiger charge is -2.29. The highest BCUT2D eigenvalue weighted by atomic mass is 33.1. The maximum atomic E-state index is 14.7. The predicted molar refractivity (Wildman–Crippen MR) is 380 cm³/mol. The van der Waals surface area contributed by atoms with Crippen LogP contribution >= 0.6 is 21.6 Å². The van der Waals surface area contributed by atoms with Crippen LogP contribution in [0.1, 0.15) is 102 Å². The van der Waals surface area contributed by atoms with Gasteiger partial charge in [0.25, 0.3) is 0 Å². The number of aromatic amines is 1. The number of hydrogen-bond donors (Lipinski definition) is 16. The number of urea groups is 1. The van der Waals surface area contributed by atoms with Gasteiger partial charge in [-0.05, 0) is 129 Å². The number of nitrogens with one attached hydrogen (secondary N) is 10. The normalized spacial score (nSPS) is 20.0. The number of amides is 9. The number of benzene rings is 4. The minimum absolute atomic E-state index is 0.0340. The van der Waals surface area contributed by atoms with Gasteiger partial charge in [-0.1, -0.05) is 100 Å². The number of Topliss-reactive ketones (excluding diaryl/α,β-unsaturated/α-hetero) is 1. The molecule has 5 aromatic rings. The lowest BCUT2D eigenvalue weighted by molar-refractivity contribution is -0.136. The predicted octanol–water partition coefficient (Wildman–Crippen LogP) is 2.09. The van der Waals surface area contributed by atoms with Crippen LogP contribution in [0.3, 0.4) is 0 Å². The van der Waals surface area contributed by atoms with Crippen molar-refractivity contribution >= 4 is 91.3 Å². The number of ether oxygens (including phenoxy) is 1. The number of carbonyl (C=O) groups excluding carboxylic acids is 9. The number of hydrogen-bond acceptors (Lipinski definition) is 19. The van der Waals surface area contributed by atoms with Crippen LogP contribution in [0, 0.1) is 0 Å². The summed E-state index contributed by atoms with van der Waals surface area (Å²) in [5.41, 5.74) is 15.8. The molecule has 1 fully saturated rings. The summed E-state index contributed by atoms with van der Waals surface area (Å²) >= 11 is 0. The van der Waals surface area contributed by atoms with Crippen molar-refractivity contribution in [1.82, 2.24) is 52.4 Å². The molecule has 27 nitrogen and oxygen atoms in total. The molecule has 18 N–H and O–H groups in total. The number of aliphatic hydroxyl groups is 4. The molecule has 0 saturated carbocycles. The van der Waals surface area contributed by atoms with E-state index < -0.39 is 115 Å². The van der Waals surface area contributed by atoms with Gasteiger partial charge in [-0.25, -0.2) is 4.79 Å². The number of β-amino-alcohol motifs (C(OH)–C–C–N with tert-alkyl or cyclic N) is 1. The number of carbonyl (C=O) groups is 9. The van der Waals surface area contributed by atoms with Crippen molar-refractivity contribution < 1.29 is 68.3 Å². The zero-order valence-corrected chi connectivity index (χ0v) is 58.6. The number of nitrogens with zero attached hydrogens (tertiary/aromatic N) is 1. The van der Waals surface area contributed by atoms with Gasteiger partial charge in [-0.15, -0.1) is 0 Å². The summed E-state index contributed by atoms with van der Waals surface area (Å²) in [5, 5.41) is 66.5. The van der Waals surface area contributed by atoms with E-state index in [0.29, 0.717) is 60.6 Å². The molecule has 9 amide bonds. The Hall–Kier alpha value is -8.13. The van der Waals surface area contributed by atoms with Gasteiger partial charge < -0.3 is 94.4 Å². The molecule has 0 radical (unpaired) electrons. The lowest BCUT2D eigenvalue weighted by Crippen LogP contribution is -2.62. The SMILES string of the molecule is CC(O)[C@@H]1NC(=O)[C@H](CCCCN)NC(=O)[C@@H](Cc2c[nH]c3ccccc23)NC(=O)[C@H](Cc2ccccc2)NC(=O)[C@@H](NC(=O)[C@H](N)Cc2ccccc2)CSSC[C@@H](C(=O)N[C@H](CO)[C@@H](C)O)NC1=O.CCN(CC)C(=O)Nc1ccc(OCC(O)CNC(C)(C)C)c(C(C)=O)c1. The van der Waals surface area contributed by atoms with Crippen molar-refractivity contribution in [3.63, 3.8) is 0 Å². The zero-order valence-electron chi connectivity index (χ0n) is 56.9.